The van der Waals surface area contributed by atoms with Crippen molar-refractivity contribution in [3.8, 4) is 5.75 Å². The number of cyclic esters (lactones) is 1. The smallest absolute Gasteiger partial charge is 0.409 e. The zero-order chi connectivity index (χ0) is 33.7. The van der Waals surface area contributed by atoms with Crippen LogP contribution < -0.4 is 20.7 Å². The summed E-state index contributed by atoms with van der Waals surface area (Å²) in [5.74, 6) is -0.191. The van der Waals surface area contributed by atoms with Crippen LogP contribution in [0.3, 0.4) is 0 Å². The molecule has 3 N–H and O–H groups in total. The van der Waals surface area contributed by atoms with E-state index in [2.05, 4.69) is 16.0 Å². The maximum atomic E-state index is 13.8. The van der Waals surface area contributed by atoms with Gasteiger partial charge in [0.1, 0.15) is 17.8 Å². The van der Waals surface area contributed by atoms with E-state index in [-0.39, 0.29) is 43.7 Å². The van der Waals surface area contributed by atoms with Crippen LogP contribution in [0.2, 0.25) is 0 Å². The zero-order valence-corrected chi connectivity index (χ0v) is 27.6. The second kappa shape index (κ2) is 17.3. The number of fused-ring (bicyclic) bond motifs is 4. The minimum atomic E-state index is -1.02. The van der Waals surface area contributed by atoms with Crippen LogP contribution in [0.1, 0.15) is 54.4 Å². The summed E-state index contributed by atoms with van der Waals surface area (Å²) in [5, 5.41) is 8.75. The molecule has 10 nitrogen and oxygen atoms in total. The van der Waals surface area contributed by atoms with Gasteiger partial charge in [-0.1, -0.05) is 66.7 Å². The Kier molecular flexibility index (Phi) is 12.5. The Bertz CT molecular complexity index is 1530. The summed E-state index contributed by atoms with van der Waals surface area (Å²) < 4.78 is 11.7. The number of rotatable bonds is 6. The Hall–Kier alpha value is -4.86. The SMILES string of the molecule is Cc1ccc2cc1CNC(=O)[C@H](CCc1ccccc1)NC(=O)[C@@H](NC(=O)Cc1ccccc1)CCOC(=O)N1CCCC(CCO2)C1. The van der Waals surface area contributed by atoms with Gasteiger partial charge < -0.3 is 30.3 Å². The molecular weight excluding hydrogens is 608 g/mol. The van der Waals surface area contributed by atoms with Crippen LogP contribution >= 0.6 is 0 Å². The molecule has 1 saturated heterocycles. The molecule has 2 aliphatic rings. The van der Waals surface area contributed by atoms with Gasteiger partial charge in [0.05, 0.1) is 19.6 Å². The summed E-state index contributed by atoms with van der Waals surface area (Å²) in [6.45, 7) is 3.88. The Morgan fingerprint density at radius 1 is 0.875 bits per heavy atom. The van der Waals surface area contributed by atoms with E-state index in [9.17, 15) is 19.2 Å². The van der Waals surface area contributed by atoms with Crippen LogP contribution in [0.25, 0.3) is 0 Å². The van der Waals surface area contributed by atoms with Gasteiger partial charge in [-0.2, -0.15) is 0 Å². The van der Waals surface area contributed by atoms with Crippen molar-refractivity contribution in [2.24, 2.45) is 5.92 Å². The summed E-state index contributed by atoms with van der Waals surface area (Å²) >= 11 is 0. The molecule has 5 rings (SSSR count). The van der Waals surface area contributed by atoms with Crippen molar-refractivity contribution in [3.05, 3.63) is 101 Å². The monoisotopic (exact) mass is 654 g/mol. The van der Waals surface area contributed by atoms with E-state index in [1.807, 2.05) is 85.8 Å². The third kappa shape index (κ3) is 10.3. The van der Waals surface area contributed by atoms with E-state index >= 15 is 0 Å². The largest absolute Gasteiger partial charge is 0.494 e. The van der Waals surface area contributed by atoms with Crippen LogP contribution in [-0.4, -0.2) is 67.1 Å². The van der Waals surface area contributed by atoms with Gasteiger partial charge in [-0.05, 0) is 79.3 Å². The van der Waals surface area contributed by atoms with Gasteiger partial charge in [0.15, 0.2) is 0 Å². The number of carbonyl (C=O) groups excluding carboxylic acids is 4. The van der Waals surface area contributed by atoms with Gasteiger partial charge >= 0.3 is 6.09 Å². The number of nitrogens with zero attached hydrogens (tertiary/aromatic N) is 1. The third-order valence-electron chi connectivity index (χ3n) is 9.03. The average Bonchev–Trinajstić information content (AvgIpc) is 3.10. The van der Waals surface area contributed by atoms with E-state index in [0.29, 0.717) is 38.3 Å². The molecule has 0 saturated carbocycles. The van der Waals surface area contributed by atoms with Gasteiger partial charge in [-0.3, -0.25) is 14.4 Å². The Labute approximate surface area is 282 Å². The number of hydrogen-bond donors (Lipinski definition) is 3. The second-order valence-electron chi connectivity index (χ2n) is 12.7. The molecular formula is C38H46N4O6. The van der Waals surface area contributed by atoms with Crippen LogP contribution in [0, 0.1) is 12.8 Å². The first-order chi connectivity index (χ1) is 23.3. The number of piperidine rings is 1. The van der Waals surface area contributed by atoms with Crippen LogP contribution in [0.4, 0.5) is 4.79 Å². The molecule has 4 bridgehead atoms. The Morgan fingerprint density at radius 2 is 1.60 bits per heavy atom. The third-order valence-corrected chi connectivity index (χ3v) is 9.03. The highest BCUT2D eigenvalue weighted by Crippen LogP contribution is 2.23. The Balaban J connectivity index is 1.36. The maximum absolute atomic E-state index is 13.8. The van der Waals surface area contributed by atoms with Crippen LogP contribution in [0.5, 0.6) is 5.75 Å². The highest BCUT2D eigenvalue weighted by molar-refractivity contribution is 5.92. The van der Waals surface area contributed by atoms with Crippen molar-refractivity contribution in [2.45, 2.75) is 70.5 Å². The van der Waals surface area contributed by atoms with Crippen molar-refractivity contribution in [1.29, 1.82) is 0 Å². The van der Waals surface area contributed by atoms with E-state index in [0.717, 1.165) is 41.5 Å². The lowest BCUT2D eigenvalue weighted by Gasteiger charge is -2.32. The minimum Gasteiger partial charge on any atom is -0.494 e. The molecule has 4 amide bonds. The molecule has 10 heteroatoms. The predicted molar refractivity (Wildman–Crippen MR) is 182 cm³/mol. The lowest BCUT2D eigenvalue weighted by molar-refractivity contribution is -0.132. The molecule has 0 radical (unpaired) electrons. The lowest BCUT2D eigenvalue weighted by atomic mass is 9.95. The molecule has 254 valence electrons. The maximum Gasteiger partial charge on any atom is 0.409 e. The van der Waals surface area contributed by atoms with E-state index in [1.54, 1.807) is 4.90 Å². The fourth-order valence-corrected chi connectivity index (χ4v) is 6.19. The number of hydrogen-bond acceptors (Lipinski definition) is 6. The molecule has 2 aliphatic heterocycles. The molecule has 1 fully saturated rings. The van der Waals surface area contributed by atoms with Crippen molar-refractivity contribution < 1.29 is 28.7 Å². The molecule has 48 heavy (non-hydrogen) atoms. The molecule has 3 atom stereocenters. The van der Waals surface area contributed by atoms with Gasteiger partial charge in [0, 0.05) is 26.1 Å². The standard InChI is InChI=1S/C38H46N4O6/c1-27-14-16-32-24-31(27)25-39-36(44)33(17-15-28-9-4-2-5-10-28)41-37(45)34(40-35(43)23-29-11-6-3-7-12-29)19-22-48-38(46)42-20-8-13-30(26-42)18-21-47-32/h2-7,9-12,14,16,24,30,33-34H,8,13,15,17-23,25-26H2,1H3,(H,39,44)(H,40,43)(H,41,45)/t30?,33-,34-/m0/s1. The minimum absolute atomic E-state index is 0.0578. The van der Waals surface area contributed by atoms with E-state index in [1.165, 1.54) is 0 Å². The quantitative estimate of drug-likeness (QED) is 0.360. The lowest BCUT2D eigenvalue weighted by Crippen LogP contribution is -2.54. The Morgan fingerprint density at radius 3 is 2.38 bits per heavy atom. The number of ether oxygens (including phenoxy) is 2. The number of benzene rings is 3. The summed E-state index contributed by atoms with van der Waals surface area (Å²) in [4.78, 5) is 55.4. The fraction of sp³-hybridized carbons (Fsp3) is 0.421. The van der Waals surface area contributed by atoms with Gasteiger partial charge in [-0.25, -0.2) is 4.79 Å². The number of nitrogens with one attached hydrogen (secondary N) is 3. The molecule has 0 spiro atoms. The molecule has 0 aliphatic carbocycles. The normalized spacial score (nSPS) is 21.1. The first-order valence-corrected chi connectivity index (χ1v) is 16.9. The molecule has 3 aromatic carbocycles. The summed E-state index contributed by atoms with van der Waals surface area (Å²) in [6.07, 6.45) is 3.27. The highest BCUT2D eigenvalue weighted by atomic mass is 16.6. The number of carbonyl (C=O) groups is 4. The second-order valence-corrected chi connectivity index (χ2v) is 12.7. The number of aryl methyl sites for hydroxylation is 2. The zero-order valence-electron chi connectivity index (χ0n) is 27.6. The summed E-state index contributed by atoms with van der Waals surface area (Å²) in [5.41, 5.74) is 3.77. The van der Waals surface area contributed by atoms with Crippen LogP contribution in [0.15, 0.2) is 78.9 Å². The van der Waals surface area contributed by atoms with Crippen molar-refractivity contribution >= 4 is 23.8 Å². The molecule has 1 unspecified atom stereocenters. The van der Waals surface area contributed by atoms with Crippen molar-refractivity contribution in [3.63, 3.8) is 0 Å². The molecule has 0 aromatic heterocycles. The average molecular weight is 655 g/mol. The number of amides is 4. The van der Waals surface area contributed by atoms with E-state index in [4.69, 9.17) is 9.47 Å². The first-order valence-electron chi connectivity index (χ1n) is 16.9. The molecule has 2 heterocycles. The molecule has 3 aromatic rings. The topological polar surface area (TPSA) is 126 Å². The van der Waals surface area contributed by atoms with Crippen molar-refractivity contribution in [2.75, 3.05) is 26.3 Å². The van der Waals surface area contributed by atoms with Crippen LogP contribution in [-0.2, 0) is 38.5 Å². The van der Waals surface area contributed by atoms with E-state index < -0.39 is 24.1 Å². The van der Waals surface area contributed by atoms with Gasteiger partial charge in [-0.15, -0.1) is 0 Å². The van der Waals surface area contributed by atoms with Gasteiger partial charge in [0.25, 0.3) is 0 Å². The fourth-order valence-electron chi connectivity index (χ4n) is 6.19. The predicted octanol–water partition coefficient (Wildman–Crippen LogP) is 4.48. The summed E-state index contributed by atoms with van der Waals surface area (Å²) in [7, 11) is 0. The first kappa shape index (κ1) is 34.5. The summed E-state index contributed by atoms with van der Waals surface area (Å²) in [6, 6.07) is 22.9. The van der Waals surface area contributed by atoms with Gasteiger partial charge in [0.2, 0.25) is 17.7 Å². The highest BCUT2D eigenvalue weighted by Gasteiger charge is 2.29. The van der Waals surface area contributed by atoms with Crippen molar-refractivity contribution in [1.82, 2.24) is 20.9 Å².